The second-order valence-electron chi connectivity index (χ2n) is 6.69. The molecule has 4 unspecified atom stereocenters. The van der Waals surface area contributed by atoms with E-state index in [-0.39, 0.29) is 0 Å². The van der Waals surface area contributed by atoms with Crippen LogP contribution >= 0.6 is 11.8 Å². The molecule has 1 nitrogen and oxygen atoms in total. The monoisotopic (exact) mass is 283 g/mol. The molecule has 2 rings (SSSR count). The second-order valence-corrected chi connectivity index (χ2v) is 7.77. The van der Waals surface area contributed by atoms with E-state index in [4.69, 9.17) is 0 Å². The zero-order valence-corrected chi connectivity index (χ0v) is 13.8. The van der Waals surface area contributed by atoms with Crippen molar-refractivity contribution < 1.29 is 0 Å². The lowest BCUT2D eigenvalue weighted by molar-refractivity contribution is 0.324. The highest BCUT2D eigenvalue weighted by molar-refractivity contribution is 7.99. The molecule has 1 N–H and O–H groups in total. The van der Waals surface area contributed by atoms with Crippen LogP contribution in [0.15, 0.2) is 0 Å². The fraction of sp³-hybridized carbons (Fsp3) is 1.00. The Morgan fingerprint density at radius 1 is 0.947 bits per heavy atom. The van der Waals surface area contributed by atoms with Gasteiger partial charge < -0.3 is 5.32 Å². The first-order valence-electron chi connectivity index (χ1n) is 8.62. The van der Waals surface area contributed by atoms with Gasteiger partial charge in [0, 0.05) is 17.3 Å². The highest BCUT2D eigenvalue weighted by Crippen LogP contribution is 2.30. The Labute approximate surface area is 124 Å². The van der Waals surface area contributed by atoms with Gasteiger partial charge in [0.1, 0.15) is 0 Å². The molecule has 19 heavy (non-hydrogen) atoms. The Balaban J connectivity index is 1.78. The van der Waals surface area contributed by atoms with E-state index in [1.54, 1.807) is 0 Å². The molecule has 0 bridgehead atoms. The fourth-order valence-electron chi connectivity index (χ4n) is 4.11. The van der Waals surface area contributed by atoms with Crippen molar-refractivity contribution in [1.29, 1.82) is 0 Å². The third-order valence-electron chi connectivity index (χ3n) is 5.24. The molecule has 0 saturated heterocycles. The zero-order chi connectivity index (χ0) is 13.5. The molecule has 0 radical (unpaired) electrons. The Kier molecular flexibility index (Phi) is 7.07. The quantitative estimate of drug-likeness (QED) is 0.713. The van der Waals surface area contributed by atoms with Gasteiger partial charge in [0.05, 0.1) is 0 Å². The normalized spacial score (nSPS) is 36.9. The molecular weight excluding hydrogens is 250 g/mol. The highest BCUT2D eigenvalue weighted by atomic mass is 32.2. The minimum atomic E-state index is 0.802. The van der Waals surface area contributed by atoms with Crippen molar-refractivity contribution in [3.63, 3.8) is 0 Å². The van der Waals surface area contributed by atoms with Gasteiger partial charge in [-0.3, -0.25) is 0 Å². The number of nitrogens with one attached hydrogen (secondary N) is 1. The molecule has 0 aromatic rings. The number of hydrogen-bond donors (Lipinski definition) is 1. The van der Waals surface area contributed by atoms with Crippen LogP contribution < -0.4 is 5.32 Å². The Bertz CT molecular complexity index is 243. The summed E-state index contributed by atoms with van der Waals surface area (Å²) < 4.78 is 0. The predicted molar refractivity (Wildman–Crippen MR) is 88.0 cm³/mol. The molecule has 0 heterocycles. The maximum atomic E-state index is 4.04. The van der Waals surface area contributed by atoms with Crippen LogP contribution in [-0.4, -0.2) is 23.6 Å². The van der Waals surface area contributed by atoms with E-state index in [0.717, 1.165) is 23.3 Å². The number of rotatable bonds is 5. The van der Waals surface area contributed by atoms with Crippen LogP contribution in [0, 0.1) is 5.92 Å². The Hall–Kier alpha value is 0.310. The van der Waals surface area contributed by atoms with Gasteiger partial charge >= 0.3 is 0 Å². The lowest BCUT2D eigenvalue weighted by atomic mass is 9.93. The first kappa shape index (κ1) is 15.7. The van der Waals surface area contributed by atoms with Crippen molar-refractivity contribution in [2.45, 2.75) is 94.9 Å². The van der Waals surface area contributed by atoms with Crippen molar-refractivity contribution in [3.05, 3.63) is 0 Å². The molecule has 2 heteroatoms. The van der Waals surface area contributed by atoms with Crippen molar-refractivity contribution in [3.8, 4) is 0 Å². The SMILES string of the molecule is CCCC1CCCC(NC2CCCCC2SC)CC1. The van der Waals surface area contributed by atoms with Crippen LogP contribution in [0.4, 0.5) is 0 Å². The van der Waals surface area contributed by atoms with E-state index in [1.165, 1.54) is 70.6 Å². The van der Waals surface area contributed by atoms with Gasteiger partial charge in [0.2, 0.25) is 0 Å². The van der Waals surface area contributed by atoms with Gasteiger partial charge in [-0.25, -0.2) is 0 Å². The molecule has 0 spiro atoms. The van der Waals surface area contributed by atoms with E-state index in [2.05, 4.69) is 30.3 Å². The zero-order valence-electron chi connectivity index (χ0n) is 13.0. The summed E-state index contributed by atoms with van der Waals surface area (Å²) in [5.74, 6) is 1.03. The standard InChI is InChI=1S/C17H33NS/c1-3-7-14-8-6-9-15(13-12-14)18-16-10-4-5-11-17(16)19-2/h14-18H,3-13H2,1-2H3. The average molecular weight is 284 g/mol. The highest BCUT2D eigenvalue weighted by Gasteiger charge is 2.27. The van der Waals surface area contributed by atoms with E-state index >= 15 is 0 Å². The molecule has 4 atom stereocenters. The van der Waals surface area contributed by atoms with Crippen LogP contribution in [-0.2, 0) is 0 Å². The Morgan fingerprint density at radius 2 is 1.79 bits per heavy atom. The van der Waals surface area contributed by atoms with Gasteiger partial charge in [0.25, 0.3) is 0 Å². The van der Waals surface area contributed by atoms with Gasteiger partial charge in [-0.2, -0.15) is 11.8 Å². The van der Waals surface area contributed by atoms with Gasteiger partial charge in [0.15, 0.2) is 0 Å². The summed E-state index contributed by atoms with van der Waals surface area (Å²) >= 11 is 2.09. The molecule has 0 aromatic heterocycles. The van der Waals surface area contributed by atoms with Crippen LogP contribution in [0.2, 0.25) is 0 Å². The second kappa shape index (κ2) is 8.56. The summed E-state index contributed by atoms with van der Waals surface area (Å²) in [6.45, 7) is 2.34. The average Bonchev–Trinajstić information content (AvgIpc) is 2.66. The smallest absolute Gasteiger partial charge is 0.0198 e. The third-order valence-corrected chi connectivity index (χ3v) is 6.41. The van der Waals surface area contributed by atoms with Gasteiger partial charge in [-0.15, -0.1) is 0 Å². The van der Waals surface area contributed by atoms with Crippen molar-refractivity contribution in [2.24, 2.45) is 5.92 Å². The van der Waals surface area contributed by atoms with Crippen molar-refractivity contribution >= 4 is 11.8 Å². The van der Waals surface area contributed by atoms with Gasteiger partial charge in [-0.05, 0) is 44.3 Å². The lowest BCUT2D eigenvalue weighted by Gasteiger charge is -2.34. The number of hydrogen-bond acceptors (Lipinski definition) is 2. The molecule has 0 amide bonds. The molecular formula is C17H33NS. The summed E-state index contributed by atoms with van der Waals surface area (Å²) in [7, 11) is 0. The lowest BCUT2D eigenvalue weighted by Crippen LogP contribution is -2.45. The van der Waals surface area contributed by atoms with E-state index in [1.807, 2.05) is 0 Å². The first-order chi connectivity index (χ1) is 9.33. The summed E-state index contributed by atoms with van der Waals surface area (Å²) in [6, 6.07) is 1.62. The number of thioether (sulfide) groups is 1. The van der Waals surface area contributed by atoms with E-state index in [0.29, 0.717) is 0 Å². The maximum absolute atomic E-state index is 4.04. The Morgan fingerprint density at radius 3 is 2.58 bits per heavy atom. The van der Waals surface area contributed by atoms with Crippen molar-refractivity contribution in [2.75, 3.05) is 6.26 Å². The van der Waals surface area contributed by atoms with Crippen LogP contribution in [0.5, 0.6) is 0 Å². The minimum Gasteiger partial charge on any atom is -0.310 e. The largest absolute Gasteiger partial charge is 0.310 e. The molecule has 2 saturated carbocycles. The van der Waals surface area contributed by atoms with E-state index < -0.39 is 0 Å². The summed E-state index contributed by atoms with van der Waals surface area (Å²) in [4.78, 5) is 0. The van der Waals surface area contributed by atoms with Crippen LogP contribution in [0.1, 0.15) is 77.6 Å². The minimum absolute atomic E-state index is 0.802. The van der Waals surface area contributed by atoms with Crippen LogP contribution in [0.25, 0.3) is 0 Å². The summed E-state index contributed by atoms with van der Waals surface area (Å²) in [5.41, 5.74) is 0. The summed E-state index contributed by atoms with van der Waals surface area (Å²) in [6.07, 6.45) is 18.2. The molecule has 2 aliphatic rings. The van der Waals surface area contributed by atoms with Crippen molar-refractivity contribution in [1.82, 2.24) is 5.32 Å². The molecule has 112 valence electrons. The molecule has 2 aliphatic carbocycles. The van der Waals surface area contributed by atoms with Crippen LogP contribution in [0.3, 0.4) is 0 Å². The van der Waals surface area contributed by atoms with E-state index in [9.17, 15) is 0 Å². The third kappa shape index (κ3) is 4.97. The maximum Gasteiger partial charge on any atom is 0.0198 e. The molecule has 0 aliphatic heterocycles. The fourth-order valence-corrected chi connectivity index (χ4v) is 5.06. The first-order valence-corrected chi connectivity index (χ1v) is 9.91. The summed E-state index contributed by atoms with van der Waals surface area (Å²) in [5, 5.41) is 4.92. The molecule has 0 aromatic carbocycles. The molecule has 2 fully saturated rings. The van der Waals surface area contributed by atoms with Gasteiger partial charge in [-0.1, -0.05) is 45.4 Å². The predicted octanol–water partition coefficient (Wildman–Crippen LogP) is 5.00. The topological polar surface area (TPSA) is 12.0 Å².